The minimum absolute atomic E-state index is 0.267. The Kier molecular flexibility index (Phi) is 5.36. The van der Waals surface area contributed by atoms with Gasteiger partial charge >= 0.3 is 6.03 Å². The summed E-state index contributed by atoms with van der Waals surface area (Å²) in [7, 11) is 0. The number of benzene rings is 1. The lowest BCUT2D eigenvalue weighted by Crippen LogP contribution is -2.38. The Hall–Kier alpha value is -2.37. The number of amides is 4. The first-order valence-corrected chi connectivity index (χ1v) is 7.94. The van der Waals surface area contributed by atoms with E-state index in [2.05, 4.69) is 24.5 Å². The Morgan fingerprint density at radius 2 is 1.91 bits per heavy atom. The molecule has 0 spiro atoms. The van der Waals surface area contributed by atoms with Crippen molar-refractivity contribution in [3.05, 3.63) is 29.8 Å². The van der Waals surface area contributed by atoms with E-state index in [1.807, 2.05) is 31.2 Å². The Morgan fingerprint density at radius 1 is 1.26 bits per heavy atom. The number of hydrogen-bond acceptors (Lipinski definition) is 3. The van der Waals surface area contributed by atoms with Crippen molar-refractivity contribution in [2.24, 2.45) is 0 Å². The van der Waals surface area contributed by atoms with Gasteiger partial charge in [0.25, 0.3) is 5.91 Å². The van der Waals surface area contributed by atoms with Gasteiger partial charge in [0.1, 0.15) is 12.6 Å². The minimum atomic E-state index is -0.509. The first-order chi connectivity index (χ1) is 10.9. The fraction of sp³-hybridized carbons (Fsp3) is 0.471. The Labute approximate surface area is 136 Å². The molecule has 1 aromatic rings. The van der Waals surface area contributed by atoms with Crippen molar-refractivity contribution in [3.63, 3.8) is 0 Å². The zero-order valence-corrected chi connectivity index (χ0v) is 13.8. The molecule has 4 amide bonds. The van der Waals surface area contributed by atoms with E-state index in [1.165, 1.54) is 5.56 Å². The summed E-state index contributed by atoms with van der Waals surface area (Å²) in [4.78, 5) is 36.9. The number of anilines is 1. The molecule has 6 nitrogen and oxygen atoms in total. The molecule has 0 bridgehead atoms. The molecule has 1 aromatic carbocycles. The minimum Gasteiger partial charge on any atom is -0.326 e. The topological polar surface area (TPSA) is 78.5 Å². The number of urea groups is 1. The second-order valence-corrected chi connectivity index (χ2v) is 6.04. The van der Waals surface area contributed by atoms with Gasteiger partial charge in [0, 0.05) is 5.69 Å². The lowest BCUT2D eigenvalue weighted by molar-refractivity contribution is -0.130. The van der Waals surface area contributed by atoms with Gasteiger partial charge in [-0.2, -0.15) is 0 Å². The van der Waals surface area contributed by atoms with Gasteiger partial charge in [-0.25, -0.2) is 4.79 Å². The van der Waals surface area contributed by atoms with Crippen LogP contribution in [0.4, 0.5) is 10.5 Å². The maximum absolute atomic E-state index is 12.1. The molecule has 1 saturated heterocycles. The van der Waals surface area contributed by atoms with Crippen LogP contribution in [0.15, 0.2) is 24.3 Å². The van der Waals surface area contributed by atoms with Crippen molar-refractivity contribution in [1.29, 1.82) is 0 Å². The Morgan fingerprint density at radius 3 is 2.48 bits per heavy atom. The molecule has 1 heterocycles. The van der Waals surface area contributed by atoms with Crippen LogP contribution >= 0.6 is 0 Å². The second kappa shape index (κ2) is 7.26. The summed E-state index contributed by atoms with van der Waals surface area (Å²) in [6, 6.07) is 6.53. The summed E-state index contributed by atoms with van der Waals surface area (Å²) in [6.07, 6.45) is 1.37. The summed E-state index contributed by atoms with van der Waals surface area (Å²) in [5, 5.41) is 5.31. The summed E-state index contributed by atoms with van der Waals surface area (Å²) >= 11 is 0. The Balaban J connectivity index is 1.94. The molecule has 0 aromatic heterocycles. The zero-order chi connectivity index (χ0) is 17.0. The van der Waals surface area contributed by atoms with Crippen LogP contribution in [0, 0.1) is 0 Å². The zero-order valence-electron chi connectivity index (χ0n) is 13.8. The van der Waals surface area contributed by atoms with Crippen LogP contribution in [-0.2, 0) is 9.59 Å². The van der Waals surface area contributed by atoms with E-state index in [-0.39, 0.29) is 18.4 Å². The Bertz CT molecular complexity index is 596. The number of rotatable bonds is 6. The third kappa shape index (κ3) is 4.09. The van der Waals surface area contributed by atoms with E-state index in [4.69, 9.17) is 0 Å². The van der Waals surface area contributed by atoms with Crippen LogP contribution in [0.1, 0.15) is 45.1 Å². The monoisotopic (exact) mass is 317 g/mol. The molecule has 6 heteroatoms. The van der Waals surface area contributed by atoms with Gasteiger partial charge in [-0.3, -0.25) is 14.5 Å². The van der Waals surface area contributed by atoms with E-state index < -0.39 is 12.1 Å². The first kappa shape index (κ1) is 17.0. The van der Waals surface area contributed by atoms with Gasteiger partial charge in [-0.1, -0.05) is 39.3 Å². The molecule has 2 rings (SSSR count). The number of carbonyl (C=O) groups is 3. The molecular formula is C17H23N3O3. The van der Waals surface area contributed by atoms with Crippen molar-refractivity contribution in [2.45, 2.75) is 45.6 Å². The van der Waals surface area contributed by atoms with Crippen molar-refractivity contribution >= 4 is 23.5 Å². The van der Waals surface area contributed by atoms with E-state index in [9.17, 15) is 14.4 Å². The SMILES string of the molecule is CCCC1NC(=O)N(CC(=O)Nc2ccc(C(C)C)cc2)C1=O. The van der Waals surface area contributed by atoms with Gasteiger partial charge in [0.15, 0.2) is 0 Å². The van der Waals surface area contributed by atoms with E-state index in [1.54, 1.807) is 0 Å². The average Bonchev–Trinajstić information content (AvgIpc) is 2.76. The first-order valence-electron chi connectivity index (χ1n) is 7.94. The highest BCUT2D eigenvalue weighted by molar-refractivity contribution is 6.07. The third-order valence-corrected chi connectivity index (χ3v) is 3.85. The highest BCUT2D eigenvalue weighted by Crippen LogP contribution is 2.17. The number of hydrogen-bond donors (Lipinski definition) is 2. The summed E-state index contributed by atoms with van der Waals surface area (Å²) in [5.41, 5.74) is 1.83. The molecule has 1 aliphatic heterocycles. The van der Waals surface area contributed by atoms with Crippen molar-refractivity contribution < 1.29 is 14.4 Å². The maximum Gasteiger partial charge on any atom is 0.325 e. The van der Waals surface area contributed by atoms with Gasteiger partial charge in [-0.05, 0) is 30.0 Å². The number of nitrogens with zero attached hydrogens (tertiary/aromatic N) is 1. The van der Waals surface area contributed by atoms with Gasteiger partial charge in [0.2, 0.25) is 5.91 Å². The number of carbonyl (C=O) groups excluding carboxylic acids is 3. The molecule has 0 aliphatic carbocycles. The van der Waals surface area contributed by atoms with Crippen molar-refractivity contribution in [1.82, 2.24) is 10.2 Å². The molecule has 0 saturated carbocycles. The fourth-order valence-corrected chi connectivity index (χ4v) is 2.51. The quantitative estimate of drug-likeness (QED) is 0.791. The van der Waals surface area contributed by atoms with E-state index in [0.717, 1.165) is 11.3 Å². The van der Waals surface area contributed by atoms with E-state index in [0.29, 0.717) is 18.0 Å². The van der Waals surface area contributed by atoms with Crippen molar-refractivity contribution in [2.75, 3.05) is 11.9 Å². The third-order valence-electron chi connectivity index (χ3n) is 3.85. The maximum atomic E-state index is 12.1. The number of nitrogens with one attached hydrogen (secondary N) is 2. The van der Waals surface area contributed by atoms with Crippen LogP contribution in [0.25, 0.3) is 0 Å². The summed E-state index contributed by atoms with van der Waals surface area (Å²) in [6.45, 7) is 5.86. The van der Waals surface area contributed by atoms with Crippen LogP contribution in [0.3, 0.4) is 0 Å². The normalized spacial score (nSPS) is 17.6. The van der Waals surface area contributed by atoms with Crippen LogP contribution in [0.5, 0.6) is 0 Å². The van der Waals surface area contributed by atoms with Gasteiger partial charge < -0.3 is 10.6 Å². The van der Waals surface area contributed by atoms with Crippen LogP contribution in [0.2, 0.25) is 0 Å². The molecule has 2 N–H and O–H groups in total. The predicted octanol–water partition coefficient (Wildman–Crippen LogP) is 2.47. The summed E-state index contributed by atoms with van der Waals surface area (Å²) in [5.74, 6) is -0.300. The lowest BCUT2D eigenvalue weighted by Gasteiger charge is -2.13. The highest BCUT2D eigenvalue weighted by Gasteiger charge is 2.38. The van der Waals surface area contributed by atoms with Gasteiger partial charge in [-0.15, -0.1) is 0 Å². The molecule has 1 unspecified atom stereocenters. The standard InChI is InChI=1S/C17H23N3O3/c1-4-5-14-16(22)20(17(23)19-14)10-15(21)18-13-8-6-12(7-9-13)11(2)3/h6-9,11,14H,4-5,10H2,1-3H3,(H,18,21)(H,19,23). The molecule has 1 fully saturated rings. The largest absolute Gasteiger partial charge is 0.326 e. The van der Waals surface area contributed by atoms with Crippen LogP contribution in [-0.4, -0.2) is 35.3 Å². The highest BCUT2D eigenvalue weighted by atomic mass is 16.2. The smallest absolute Gasteiger partial charge is 0.325 e. The summed E-state index contributed by atoms with van der Waals surface area (Å²) < 4.78 is 0. The molecular weight excluding hydrogens is 294 g/mol. The molecule has 0 radical (unpaired) electrons. The average molecular weight is 317 g/mol. The molecule has 23 heavy (non-hydrogen) atoms. The second-order valence-electron chi connectivity index (χ2n) is 6.04. The van der Waals surface area contributed by atoms with Crippen molar-refractivity contribution in [3.8, 4) is 0 Å². The molecule has 124 valence electrons. The molecule has 1 atom stereocenters. The molecule has 1 aliphatic rings. The fourth-order valence-electron chi connectivity index (χ4n) is 2.51. The lowest BCUT2D eigenvalue weighted by atomic mass is 10.0. The number of imide groups is 1. The predicted molar refractivity (Wildman–Crippen MR) is 88.1 cm³/mol. The van der Waals surface area contributed by atoms with Crippen LogP contribution < -0.4 is 10.6 Å². The van der Waals surface area contributed by atoms with Gasteiger partial charge in [0.05, 0.1) is 0 Å². The van der Waals surface area contributed by atoms with E-state index >= 15 is 0 Å².